The van der Waals surface area contributed by atoms with Crippen molar-refractivity contribution in [1.82, 2.24) is 4.90 Å². The maximum absolute atomic E-state index is 12.4. The molecule has 1 saturated carbocycles. The lowest BCUT2D eigenvalue weighted by Crippen LogP contribution is -2.58. The molecule has 2 bridgehead atoms. The molecule has 1 aromatic rings. The molecule has 1 aliphatic carbocycles. The van der Waals surface area contributed by atoms with Gasteiger partial charge in [0.1, 0.15) is 11.1 Å². The van der Waals surface area contributed by atoms with Crippen LogP contribution in [0.4, 0.5) is 4.79 Å². The van der Waals surface area contributed by atoms with Crippen molar-refractivity contribution in [3.05, 3.63) is 35.9 Å². The van der Waals surface area contributed by atoms with Crippen molar-refractivity contribution in [2.75, 3.05) is 6.54 Å². The first kappa shape index (κ1) is 14.9. The number of carbonyl (C=O) groups is 2. The summed E-state index contributed by atoms with van der Waals surface area (Å²) in [6, 6.07) is 9.83. The molecule has 3 aliphatic rings. The maximum atomic E-state index is 12.4. The zero-order valence-electron chi connectivity index (χ0n) is 13.1. The van der Waals surface area contributed by atoms with Crippen molar-refractivity contribution < 1.29 is 19.4 Å². The van der Waals surface area contributed by atoms with Crippen LogP contribution in [0.3, 0.4) is 0 Å². The fourth-order valence-corrected chi connectivity index (χ4v) is 3.73. The fraction of sp³-hybridized carbons (Fsp3) is 0.529. The summed E-state index contributed by atoms with van der Waals surface area (Å²) in [7, 11) is 0. The second-order valence-electron chi connectivity index (χ2n) is 7.40. The number of fused-ring (bicyclic) bond motifs is 1. The predicted molar refractivity (Wildman–Crippen MR) is 80.7 cm³/mol. The molecule has 118 valence electrons. The minimum Gasteiger partial charge on any atom is -0.479 e. The highest BCUT2D eigenvalue weighted by molar-refractivity contribution is 5.88. The first-order valence-electron chi connectivity index (χ1n) is 7.48. The number of aliphatic carboxylic acids is 1. The van der Waals surface area contributed by atoms with Gasteiger partial charge in [-0.15, -0.1) is 0 Å². The van der Waals surface area contributed by atoms with Gasteiger partial charge in [-0.3, -0.25) is 4.90 Å². The Bertz CT molecular complexity index is 611. The minimum absolute atomic E-state index is 0.253. The Hall–Kier alpha value is -2.04. The number of carbonyl (C=O) groups excluding carboxylic acids is 1. The highest BCUT2D eigenvalue weighted by Gasteiger charge is 2.71. The van der Waals surface area contributed by atoms with E-state index in [-0.39, 0.29) is 5.41 Å². The maximum Gasteiger partial charge on any atom is 0.411 e. The van der Waals surface area contributed by atoms with Crippen LogP contribution in [-0.4, -0.2) is 39.8 Å². The first-order valence-corrected chi connectivity index (χ1v) is 7.48. The van der Waals surface area contributed by atoms with E-state index in [9.17, 15) is 14.7 Å². The lowest BCUT2D eigenvalue weighted by Gasteiger charge is -2.44. The second kappa shape index (κ2) is 4.48. The number of carboxylic acid groups (broad SMARTS) is 1. The number of hydrogen-bond donors (Lipinski definition) is 1. The Morgan fingerprint density at radius 2 is 1.77 bits per heavy atom. The van der Waals surface area contributed by atoms with Gasteiger partial charge in [-0.25, -0.2) is 9.59 Å². The summed E-state index contributed by atoms with van der Waals surface area (Å²) in [4.78, 5) is 25.6. The Balaban J connectivity index is 1.90. The molecule has 5 nitrogen and oxygen atoms in total. The SMILES string of the molecule is CC(C)(C)OC(=O)N1CC2(c3ccccc3)CC1(C(=O)O)C2. The van der Waals surface area contributed by atoms with E-state index >= 15 is 0 Å². The minimum atomic E-state index is -1.11. The van der Waals surface area contributed by atoms with Gasteiger partial charge in [-0.2, -0.15) is 0 Å². The lowest BCUT2D eigenvalue weighted by molar-refractivity contribution is -0.152. The molecule has 1 N–H and O–H groups in total. The van der Waals surface area contributed by atoms with Gasteiger partial charge in [0.05, 0.1) is 0 Å². The number of nitrogens with zero attached hydrogens (tertiary/aromatic N) is 1. The van der Waals surface area contributed by atoms with E-state index in [2.05, 4.69) is 0 Å². The summed E-state index contributed by atoms with van der Waals surface area (Å²) in [5, 5.41) is 9.64. The van der Waals surface area contributed by atoms with Gasteiger partial charge in [0.2, 0.25) is 0 Å². The van der Waals surface area contributed by atoms with Gasteiger partial charge in [-0.1, -0.05) is 30.3 Å². The lowest BCUT2D eigenvalue weighted by atomic mass is 9.59. The van der Waals surface area contributed by atoms with Crippen LogP contribution in [0, 0.1) is 0 Å². The predicted octanol–water partition coefficient (Wildman–Crippen LogP) is 2.79. The first-order chi connectivity index (χ1) is 10.2. The molecule has 0 radical (unpaired) electrons. The van der Waals surface area contributed by atoms with Crippen LogP contribution in [0.5, 0.6) is 0 Å². The molecular formula is C17H21NO4. The number of ether oxygens (including phenoxy) is 1. The van der Waals surface area contributed by atoms with Crippen LogP contribution >= 0.6 is 0 Å². The third kappa shape index (κ3) is 2.07. The van der Waals surface area contributed by atoms with E-state index in [1.54, 1.807) is 20.8 Å². The third-order valence-electron chi connectivity index (χ3n) is 4.64. The van der Waals surface area contributed by atoms with Gasteiger partial charge in [0.15, 0.2) is 0 Å². The molecule has 3 fully saturated rings. The Morgan fingerprint density at radius 3 is 2.27 bits per heavy atom. The zero-order chi connectivity index (χ0) is 16.2. The van der Waals surface area contributed by atoms with E-state index < -0.39 is 23.2 Å². The van der Waals surface area contributed by atoms with Gasteiger partial charge < -0.3 is 9.84 Å². The van der Waals surface area contributed by atoms with Crippen molar-refractivity contribution in [1.29, 1.82) is 0 Å². The van der Waals surface area contributed by atoms with Crippen LogP contribution in [-0.2, 0) is 14.9 Å². The van der Waals surface area contributed by atoms with E-state index in [0.717, 1.165) is 5.56 Å². The normalized spacial score (nSPS) is 29.9. The molecule has 22 heavy (non-hydrogen) atoms. The number of amides is 1. The van der Waals surface area contributed by atoms with Crippen molar-refractivity contribution >= 4 is 12.1 Å². The van der Waals surface area contributed by atoms with Gasteiger partial charge >= 0.3 is 12.1 Å². The third-order valence-corrected chi connectivity index (χ3v) is 4.64. The van der Waals surface area contributed by atoms with Crippen LogP contribution in [0.2, 0.25) is 0 Å². The summed E-state index contributed by atoms with van der Waals surface area (Å²) < 4.78 is 5.40. The Morgan fingerprint density at radius 1 is 1.18 bits per heavy atom. The summed E-state index contributed by atoms with van der Waals surface area (Å²) in [6.07, 6.45) is 0.377. The average Bonchev–Trinajstić information content (AvgIpc) is 2.90. The molecule has 0 atom stereocenters. The molecule has 0 unspecified atom stereocenters. The number of benzene rings is 1. The summed E-state index contributed by atoms with van der Waals surface area (Å²) in [5.74, 6) is -0.942. The monoisotopic (exact) mass is 303 g/mol. The smallest absolute Gasteiger partial charge is 0.411 e. The average molecular weight is 303 g/mol. The quantitative estimate of drug-likeness (QED) is 0.912. The topological polar surface area (TPSA) is 66.8 Å². The van der Waals surface area contributed by atoms with Crippen molar-refractivity contribution in [3.63, 3.8) is 0 Å². The summed E-state index contributed by atoms with van der Waals surface area (Å²) in [5.41, 5.74) is -0.906. The molecule has 5 heteroatoms. The van der Waals surface area contributed by atoms with Gasteiger partial charge in [0, 0.05) is 12.0 Å². The molecule has 1 amide bonds. The second-order valence-corrected chi connectivity index (χ2v) is 7.40. The largest absolute Gasteiger partial charge is 0.479 e. The van der Waals surface area contributed by atoms with E-state index in [4.69, 9.17) is 4.74 Å². The van der Waals surface area contributed by atoms with E-state index in [1.165, 1.54) is 4.90 Å². The number of carboxylic acids is 1. The zero-order valence-corrected chi connectivity index (χ0v) is 13.1. The molecule has 4 rings (SSSR count). The van der Waals surface area contributed by atoms with Gasteiger partial charge in [-0.05, 0) is 39.2 Å². The standard InChI is InChI=1S/C17H21NO4/c1-15(2,3)22-14(21)18-11-16(12-7-5-4-6-8-12)9-17(18,10-16)13(19)20/h4-8H,9-11H2,1-3H3,(H,19,20). The van der Waals surface area contributed by atoms with Crippen LogP contribution in [0.15, 0.2) is 30.3 Å². The van der Waals surface area contributed by atoms with Crippen molar-refractivity contribution in [2.24, 2.45) is 0 Å². The molecule has 0 aromatic heterocycles. The molecule has 2 heterocycles. The molecular weight excluding hydrogens is 282 g/mol. The van der Waals surface area contributed by atoms with Crippen molar-refractivity contribution in [3.8, 4) is 0 Å². The van der Waals surface area contributed by atoms with Crippen LogP contribution < -0.4 is 0 Å². The Kier molecular flexibility index (Phi) is 3.03. The molecule has 0 spiro atoms. The number of rotatable bonds is 2. The molecule has 2 aliphatic heterocycles. The Labute approximate surface area is 129 Å². The fourth-order valence-electron chi connectivity index (χ4n) is 3.73. The van der Waals surface area contributed by atoms with Gasteiger partial charge in [0.25, 0.3) is 0 Å². The van der Waals surface area contributed by atoms with Crippen LogP contribution in [0.25, 0.3) is 0 Å². The van der Waals surface area contributed by atoms with E-state index in [0.29, 0.717) is 19.4 Å². The highest BCUT2D eigenvalue weighted by Crippen LogP contribution is 2.60. The summed E-state index contributed by atoms with van der Waals surface area (Å²) >= 11 is 0. The summed E-state index contributed by atoms with van der Waals surface area (Å²) in [6.45, 7) is 5.75. The van der Waals surface area contributed by atoms with E-state index in [1.807, 2.05) is 30.3 Å². The number of hydrogen-bond acceptors (Lipinski definition) is 3. The molecule has 1 aromatic carbocycles. The van der Waals surface area contributed by atoms with Crippen molar-refractivity contribution in [2.45, 2.75) is 50.2 Å². The molecule has 2 saturated heterocycles. The highest BCUT2D eigenvalue weighted by atomic mass is 16.6. The van der Waals surface area contributed by atoms with Crippen LogP contribution in [0.1, 0.15) is 39.2 Å².